The Kier molecular flexibility index (Phi) is 5.65. The molecule has 2 aromatic carbocycles. The summed E-state index contributed by atoms with van der Waals surface area (Å²) in [5.74, 6) is -0.444. The standard InChI is InChI=1S/C26H31FN2O4Si/c1-17-24(34(2,3)27)22(12-14-30)33-26(17)20-9-4-5-10-21(20)29(25(26)32)16-18-7-6-8-19(15-18)28-13-11-23(28)31/h4-10,15,17,22,24,30H,11-14,16H2,1-3H3/t17-,22+,24-,26+/m1/s1. The molecule has 0 saturated carbocycles. The van der Waals surface area contributed by atoms with Gasteiger partial charge in [0, 0.05) is 42.3 Å². The first-order chi connectivity index (χ1) is 16.2. The molecule has 6 nitrogen and oxygen atoms in total. The molecule has 4 atom stereocenters. The average Bonchev–Trinajstić information content (AvgIpc) is 3.21. The van der Waals surface area contributed by atoms with E-state index in [0.717, 1.165) is 22.5 Å². The number of halogens is 1. The number of anilines is 2. The number of hydrogen-bond acceptors (Lipinski definition) is 4. The zero-order chi connectivity index (χ0) is 24.3. The molecule has 3 aliphatic rings. The van der Waals surface area contributed by atoms with Crippen LogP contribution in [-0.4, -0.2) is 44.6 Å². The number of nitrogens with zero attached hydrogens (tertiary/aromatic N) is 2. The van der Waals surface area contributed by atoms with E-state index in [2.05, 4.69) is 0 Å². The molecular formula is C26H31FN2O4Si. The van der Waals surface area contributed by atoms with Gasteiger partial charge in [-0.2, -0.15) is 0 Å². The summed E-state index contributed by atoms with van der Waals surface area (Å²) in [4.78, 5) is 29.5. The van der Waals surface area contributed by atoms with Crippen LogP contribution in [0.1, 0.15) is 30.9 Å². The van der Waals surface area contributed by atoms with Crippen molar-refractivity contribution >= 4 is 31.6 Å². The van der Waals surface area contributed by atoms with Crippen LogP contribution < -0.4 is 9.80 Å². The number of benzene rings is 2. The number of carbonyl (C=O) groups excluding carboxylic acids is 2. The molecule has 0 aliphatic carbocycles. The fourth-order valence-corrected chi connectivity index (χ4v) is 8.69. The summed E-state index contributed by atoms with van der Waals surface area (Å²) in [5, 5.41) is 9.64. The van der Waals surface area contributed by atoms with E-state index in [4.69, 9.17) is 4.74 Å². The summed E-state index contributed by atoms with van der Waals surface area (Å²) in [6.45, 7) is 6.16. The minimum atomic E-state index is -3.20. The zero-order valence-corrected chi connectivity index (χ0v) is 20.8. The van der Waals surface area contributed by atoms with E-state index >= 15 is 4.11 Å². The molecule has 2 aromatic rings. The number of β-lactam (4-membered cyclic amide) rings is 1. The van der Waals surface area contributed by atoms with Gasteiger partial charge in [-0.25, -0.2) is 0 Å². The van der Waals surface area contributed by atoms with Gasteiger partial charge in [0.25, 0.3) is 5.91 Å². The Bertz CT molecular complexity index is 1140. The number of ether oxygens (including phenoxy) is 1. The van der Waals surface area contributed by atoms with E-state index in [9.17, 15) is 14.7 Å². The van der Waals surface area contributed by atoms with Gasteiger partial charge in [-0.15, -0.1) is 0 Å². The van der Waals surface area contributed by atoms with Crippen molar-refractivity contribution in [3.63, 3.8) is 0 Å². The number of aliphatic hydroxyl groups is 1. The lowest BCUT2D eigenvalue weighted by Gasteiger charge is -2.32. The van der Waals surface area contributed by atoms with Gasteiger partial charge in [-0.1, -0.05) is 37.3 Å². The van der Waals surface area contributed by atoms with Crippen LogP contribution >= 0.6 is 0 Å². The molecule has 0 aromatic heterocycles. The van der Waals surface area contributed by atoms with Crippen molar-refractivity contribution in [1.29, 1.82) is 0 Å². The summed E-state index contributed by atoms with van der Waals surface area (Å²) in [7, 11) is -3.20. The Morgan fingerprint density at radius 1 is 1.18 bits per heavy atom. The lowest BCUT2D eigenvalue weighted by molar-refractivity contribution is -0.146. The highest BCUT2D eigenvalue weighted by Crippen LogP contribution is 2.60. The predicted molar refractivity (Wildman–Crippen MR) is 131 cm³/mol. The van der Waals surface area contributed by atoms with Crippen LogP contribution in [-0.2, 0) is 26.5 Å². The second kappa shape index (κ2) is 8.29. The van der Waals surface area contributed by atoms with Gasteiger partial charge < -0.3 is 23.8 Å². The Morgan fingerprint density at radius 3 is 2.59 bits per heavy atom. The smallest absolute Gasteiger partial charge is 0.264 e. The first-order valence-electron chi connectivity index (χ1n) is 12.0. The van der Waals surface area contributed by atoms with Gasteiger partial charge >= 0.3 is 0 Å². The number of carbonyl (C=O) groups is 2. The second-order valence-electron chi connectivity index (χ2n) is 10.2. The maximum atomic E-state index is 15.5. The summed E-state index contributed by atoms with van der Waals surface area (Å²) < 4.78 is 22.0. The average molecular weight is 483 g/mol. The molecule has 1 N–H and O–H groups in total. The third-order valence-corrected chi connectivity index (χ3v) is 10.2. The van der Waals surface area contributed by atoms with Crippen molar-refractivity contribution in [2.75, 3.05) is 23.0 Å². The van der Waals surface area contributed by atoms with E-state index < -0.39 is 25.7 Å². The SMILES string of the molecule is C[C@@H]1[C@@H]([Si](C)(C)F)[C@H](CCO)O[C@@]12C(=O)N(Cc1cccc(N3CCC3=O)c1)c1ccccc12. The van der Waals surface area contributed by atoms with Crippen LogP contribution in [0.15, 0.2) is 48.5 Å². The molecule has 0 bridgehead atoms. The number of hydrogen-bond donors (Lipinski definition) is 1. The lowest BCUT2D eigenvalue weighted by Crippen LogP contribution is -2.45. The Balaban J connectivity index is 1.53. The Morgan fingerprint density at radius 2 is 1.94 bits per heavy atom. The molecule has 2 fully saturated rings. The van der Waals surface area contributed by atoms with Gasteiger partial charge in [0.15, 0.2) is 5.60 Å². The first kappa shape index (κ1) is 23.2. The van der Waals surface area contributed by atoms with Gasteiger partial charge in [0.05, 0.1) is 18.3 Å². The Hall–Kier alpha value is -2.55. The van der Waals surface area contributed by atoms with Crippen molar-refractivity contribution in [1.82, 2.24) is 0 Å². The molecule has 0 radical (unpaired) electrons. The van der Waals surface area contributed by atoms with E-state index in [-0.39, 0.29) is 24.3 Å². The van der Waals surface area contributed by atoms with Crippen molar-refractivity contribution in [2.45, 2.75) is 56.7 Å². The van der Waals surface area contributed by atoms with Crippen molar-refractivity contribution in [3.05, 3.63) is 59.7 Å². The van der Waals surface area contributed by atoms with Crippen LogP contribution in [0.5, 0.6) is 0 Å². The summed E-state index contributed by atoms with van der Waals surface area (Å²) in [6.07, 6.45) is 0.354. The second-order valence-corrected chi connectivity index (χ2v) is 14.0. The van der Waals surface area contributed by atoms with Crippen molar-refractivity contribution in [3.8, 4) is 0 Å². The van der Waals surface area contributed by atoms with E-state index in [0.29, 0.717) is 25.9 Å². The largest absolute Gasteiger partial charge is 0.396 e. The lowest BCUT2D eigenvalue weighted by atomic mass is 9.82. The van der Waals surface area contributed by atoms with Gasteiger partial charge in [-0.05, 0) is 43.3 Å². The van der Waals surface area contributed by atoms with Gasteiger partial charge in [0.1, 0.15) is 0 Å². The zero-order valence-electron chi connectivity index (χ0n) is 19.8. The topological polar surface area (TPSA) is 70.1 Å². The third kappa shape index (κ3) is 3.42. The molecule has 5 rings (SSSR count). The highest BCUT2D eigenvalue weighted by atomic mass is 28.4. The number of amides is 2. The van der Waals surface area contributed by atoms with Gasteiger partial charge in [0.2, 0.25) is 14.3 Å². The van der Waals surface area contributed by atoms with E-state index in [1.807, 2.05) is 55.5 Å². The summed E-state index contributed by atoms with van der Waals surface area (Å²) >= 11 is 0. The monoisotopic (exact) mass is 482 g/mol. The summed E-state index contributed by atoms with van der Waals surface area (Å²) in [5.41, 5.74) is 1.62. The number of para-hydroxylation sites is 1. The van der Waals surface area contributed by atoms with Crippen LogP contribution in [0.3, 0.4) is 0 Å². The Labute approximate surface area is 200 Å². The maximum absolute atomic E-state index is 15.5. The molecule has 1 spiro atoms. The minimum absolute atomic E-state index is 0.103. The molecule has 180 valence electrons. The van der Waals surface area contributed by atoms with Crippen LogP contribution in [0.2, 0.25) is 18.6 Å². The number of fused-ring (bicyclic) bond motifs is 2. The van der Waals surface area contributed by atoms with Crippen LogP contribution in [0.4, 0.5) is 15.5 Å². The number of rotatable bonds is 6. The van der Waals surface area contributed by atoms with Crippen LogP contribution in [0.25, 0.3) is 0 Å². The molecule has 2 amide bonds. The van der Waals surface area contributed by atoms with E-state index in [1.165, 1.54) is 0 Å². The van der Waals surface area contributed by atoms with E-state index in [1.54, 1.807) is 22.9 Å². The molecular weight excluding hydrogens is 451 g/mol. The maximum Gasteiger partial charge on any atom is 0.264 e. The quantitative estimate of drug-likeness (QED) is 0.382. The first-order valence-corrected chi connectivity index (χ1v) is 14.9. The molecule has 3 aliphatic heterocycles. The summed E-state index contributed by atoms with van der Waals surface area (Å²) in [6, 6.07) is 15.3. The molecule has 34 heavy (non-hydrogen) atoms. The fraction of sp³-hybridized carbons (Fsp3) is 0.462. The fourth-order valence-electron chi connectivity index (χ4n) is 6.15. The predicted octanol–water partition coefficient (Wildman–Crippen LogP) is 4.13. The van der Waals surface area contributed by atoms with Crippen molar-refractivity contribution < 1.29 is 23.5 Å². The number of aliphatic hydroxyl groups excluding tert-OH is 1. The minimum Gasteiger partial charge on any atom is -0.396 e. The van der Waals surface area contributed by atoms with Crippen molar-refractivity contribution in [2.24, 2.45) is 5.92 Å². The third-order valence-electron chi connectivity index (χ3n) is 7.70. The van der Waals surface area contributed by atoms with Gasteiger partial charge in [-0.3, -0.25) is 9.59 Å². The molecule has 2 saturated heterocycles. The normalized spacial score (nSPS) is 28.6. The molecule has 3 heterocycles. The molecule has 0 unspecified atom stereocenters. The molecule has 8 heteroatoms. The van der Waals surface area contributed by atoms with Crippen LogP contribution in [0, 0.1) is 5.92 Å². The highest BCUT2D eigenvalue weighted by Gasteiger charge is 2.66. The highest BCUT2D eigenvalue weighted by molar-refractivity contribution is 6.72.